The molecule has 0 aliphatic rings. The molecule has 0 bridgehead atoms. The van der Waals surface area contributed by atoms with Crippen LogP contribution in [0.15, 0.2) is 42.5 Å². The molecular weight excluding hydrogens is 352 g/mol. The molecule has 0 saturated carbocycles. The van der Waals surface area contributed by atoms with Crippen molar-refractivity contribution in [1.82, 2.24) is 9.88 Å². The number of carbonyl (C=O) groups excluding carboxylic acids is 1. The van der Waals surface area contributed by atoms with E-state index in [-0.39, 0.29) is 17.5 Å². The van der Waals surface area contributed by atoms with E-state index < -0.39 is 5.97 Å². The predicted molar refractivity (Wildman–Crippen MR) is 102 cm³/mol. The summed E-state index contributed by atoms with van der Waals surface area (Å²) in [6.45, 7) is 3.78. The number of nitrogens with one attached hydrogen (secondary N) is 1. The van der Waals surface area contributed by atoms with Crippen LogP contribution in [-0.4, -0.2) is 21.6 Å². The number of carbonyl (C=O) groups is 2. The highest BCUT2D eigenvalue weighted by Crippen LogP contribution is 2.27. The summed E-state index contributed by atoms with van der Waals surface area (Å²) in [7, 11) is 1.84. The molecule has 3 rings (SSSR count). The van der Waals surface area contributed by atoms with Crippen molar-refractivity contribution < 1.29 is 14.7 Å². The lowest BCUT2D eigenvalue weighted by atomic mass is 10.1. The van der Waals surface area contributed by atoms with Gasteiger partial charge in [-0.1, -0.05) is 29.8 Å². The molecule has 1 atom stereocenters. The van der Waals surface area contributed by atoms with Gasteiger partial charge in [-0.2, -0.15) is 0 Å². The molecular formula is C20H19ClN2O3. The van der Waals surface area contributed by atoms with E-state index in [9.17, 15) is 9.59 Å². The van der Waals surface area contributed by atoms with Gasteiger partial charge in [0.2, 0.25) is 0 Å². The van der Waals surface area contributed by atoms with Crippen molar-refractivity contribution in [2.24, 2.45) is 7.05 Å². The second kappa shape index (κ2) is 6.84. The summed E-state index contributed by atoms with van der Waals surface area (Å²) in [5.41, 5.74) is 3.43. The molecule has 1 amide bonds. The lowest BCUT2D eigenvalue weighted by molar-refractivity contribution is 0.0696. The number of nitrogens with zero attached hydrogens (tertiary/aromatic N) is 1. The van der Waals surface area contributed by atoms with Gasteiger partial charge in [-0.25, -0.2) is 4.79 Å². The quantitative estimate of drug-likeness (QED) is 0.718. The first kappa shape index (κ1) is 18.0. The molecule has 0 saturated heterocycles. The number of carboxylic acid groups (broad SMARTS) is 1. The minimum Gasteiger partial charge on any atom is -0.478 e. The molecule has 5 nitrogen and oxygen atoms in total. The van der Waals surface area contributed by atoms with Gasteiger partial charge >= 0.3 is 5.97 Å². The number of aromatic carboxylic acids is 1. The van der Waals surface area contributed by atoms with Crippen LogP contribution < -0.4 is 5.32 Å². The molecule has 1 aromatic heterocycles. The maximum absolute atomic E-state index is 12.8. The number of fused-ring (bicyclic) bond motifs is 1. The largest absolute Gasteiger partial charge is 0.478 e. The fourth-order valence-corrected chi connectivity index (χ4v) is 3.35. The molecule has 6 heteroatoms. The first-order valence-corrected chi connectivity index (χ1v) is 8.56. The van der Waals surface area contributed by atoms with Crippen molar-refractivity contribution in [2.75, 3.05) is 0 Å². The zero-order valence-corrected chi connectivity index (χ0v) is 15.5. The van der Waals surface area contributed by atoms with Gasteiger partial charge < -0.3 is 15.0 Å². The molecule has 2 N–H and O–H groups in total. The highest BCUT2D eigenvalue weighted by molar-refractivity contribution is 6.31. The third kappa shape index (κ3) is 3.18. The standard InChI is InChI=1S/C20H19ClN2O3/c1-11-16-9-8-15(21)10-17(16)23(3)18(11)19(24)22-12(2)13-4-6-14(7-5-13)20(25)26/h4-10,12H,1-3H3,(H,22,24)(H,25,26)/t12-/m1/s1. The number of carboxylic acids is 1. The second-order valence-electron chi connectivity index (χ2n) is 6.32. The fraction of sp³-hybridized carbons (Fsp3) is 0.200. The normalized spacial score (nSPS) is 12.2. The molecule has 0 aliphatic heterocycles. The number of halogens is 1. The molecule has 0 aliphatic carbocycles. The van der Waals surface area contributed by atoms with Crippen molar-refractivity contribution in [3.8, 4) is 0 Å². The topological polar surface area (TPSA) is 71.3 Å². The maximum atomic E-state index is 12.8. The third-order valence-corrected chi connectivity index (χ3v) is 4.87. The molecule has 26 heavy (non-hydrogen) atoms. The van der Waals surface area contributed by atoms with Crippen molar-refractivity contribution in [1.29, 1.82) is 0 Å². The van der Waals surface area contributed by atoms with Gasteiger partial charge in [0.05, 0.1) is 17.1 Å². The van der Waals surface area contributed by atoms with Crippen LogP contribution in [-0.2, 0) is 7.05 Å². The zero-order chi connectivity index (χ0) is 19.0. The van der Waals surface area contributed by atoms with E-state index in [4.69, 9.17) is 16.7 Å². The molecule has 2 aromatic carbocycles. The number of hydrogen-bond acceptors (Lipinski definition) is 2. The van der Waals surface area contributed by atoms with E-state index in [1.165, 1.54) is 12.1 Å². The maximum Gasteiger partial charge on any atom is 0.335 e. The molecule has 0 radical (unpaired) electrons. The highest BCUT2D eigenvalue weighted by Gasteiger charge is 2.20. The zero-order valence-electron chi connectivity index (χ0n) is 14.7. The summed E-state index contributed by atoms with van der Waals surface area (Å²) in [5, 5.41) is 13.6. The van der Waals surface area contributed by atoms with Crippen LogP contribution in [0.4, 0.5) is 0 Å². The first-order chi connectivity index (χ1) is 12.3. The van der Waals surface area contributed by atoms with Gasteiger partial charge in [-0.05, 0) is 49.2 Å². The van der Waals surface area contributed by atoms with Gasteiger partial charge in [0, 0.05) is 17.5 Å². The van der Waals surface area contributed by atoms with Crippen LogP contribution in [0, 0.1) is 6.92 Å². The van der Waals surface area contributed by atoms with Crippen LogP contribution in [0.3, 0.4) is 0 Å². The van der Waals surface area contributed by atoms with Crippen molar-refractivity contribution in [3.63, 3.8) is 0 Å². The summed E-state index contributed by atoms with van der Waals surface area (Å²) < 4.78 is 1.84. The van der Waals surface area contributed by atoms with Crippen LogP contribution in [0.5, 0.6) is 0 Å². The SMILES string of the molecule is Cc1c(C(=O)N[C@H](C)c2ccc(C(=O)O)cc2)n(C)c2cc(Cl)ccc12. The Morgan fingerprint density at radius 2 is 1.81 bits per heavy atom. The molecule has 0 fully saturated rings. The minimum atomic E-state index is -0.974. The van der Waals surface area contributed by atoms with Gasteiger partial charge in [0.1, 0.15) is 5.69 Å². The number of hydrogen-bond donors (Lipinski definition) is 2. The number of rotatable bonds is 4. The minimum absolute atomic E-state index is 0.188. The number of aromatic nitrogens is 1. The summed E-state index contributed by atoms with van der Waals surface area (Å²) in [4.78, 5) is 23.8. The fourth-order valence-electron chi connectivity index (χ4n) is 3.18. The number of aryl methyl sites for hydroxylation is 2. The Balaban J connectivity index is 1.88. The summed E-state index contributed by atoms with van der Waals surface area (Å²) in [6, 6.07) is 11.8. The Kier molecular flexibility index (Phi) is 4.74. The van der Waals surface area contributed by atoms with Gasteiger partial charge in [0.25, 0.3) is 5.91 Å². The Bertz CT molecular complexity index is 1010. The van der Waals surface area contributed by atoms with Crippen molar-refractivity contribution in [2.45, 2.75) is 19.9 Å². The van der Waals surface area contributed by atoms with Gasteiger partial charge in [-0.3, -0.25) is 4.79 Å². The van der Waals surface area contributed by atoms with E-state index in [1.807, 2.05) is 43.7 Å². The van der Waals surface area contributed by atoms with E-state index in [2.05, 4.69) is 5.32 Å². The lowest BCUT2D eigenvalue weighted by Gasteiger charge is -2.15. The number of amides is 1. The van der Waals surface area contributed by atoms with Crippen LogP contribution >= 0.6 is 11.6 Å². The van der Waals surface area contributed by atoms with Crippen molar-refractivity contribution in [3.05, 3.63) is 69.9 Å². The Hall–Kier alpha value is -2.79. The summed E-state index contributed by atoms with van der Waals surface area (Å²) in [6.07, 6.45) is 0. The Morgan fingerprint density at radius 1 is 1.15 bits per heavy atom. The van der Waals surface area contributed by atoms with Gasteiger partial charge in [-0.15, -0.1) is 0 Å². The van der Waals surface area contributed by atoms with E-state index in [1.54, 1.807) is 12.1 Å². The third-order valence-electron chi connectivity index (χ3n) is 4.64. The Morgan fingerprint density at radius 3 is 2.42 bits per heavy atom. The van der Waals surface area contributed by atoms with Crippen LogP contribution in [0.2, 0.25) is 5.02 Å². The molecule has 0 unspecified atom stereocenters. The highest BCUT2D eigenvalue weighted by atomic mass is 35.5. The average Bonchev–Trinajstić information content (AvgIpc) is 2.85. The molecule has 134 valence electrons. The average molecular weight is 371 g/mol. The molecule has 0 spiro atoms. The number of benzene rings is 2. The second-order valence-corrected chi connectivity index (χ2v) is 6.75. The van der Waals surface area contributed by atoms with E-state index >= 15 is 0 Å². The van der Waals surface area contributed by atoms with E-state index in [0.29, 0.717) is 10.7 Å². The monoisotopic (exact) mass is 370 g/mol. The first-order valence-electron chi connectivity index (χ1n) is 8.18. The van der Waals surface area contributed by atoms with E-state index in [0.717, 1.165) is 22.0 Å². The van der Waals surface area contributed by atoms with Crippen LogP contribution in [0.1, 0.15) is 44.9 Å². The van der Waals surface area contributed by atoms with Crippen molar-refractivity contribution >= 4 is 34.4 Å². The summed E-state index contributed by atoms with van der Waals surface area (Å²) in [5.74, 6) is -1.16. The summed E-state index contributed by atoms with van der Waals surface area (Å²) >= 11 is 6.08. The molecule has 1 heterocycles. The Labute approximate surface area is 156 Å². The lowest BCUT2D eigenvalue weighted by Crippen LogP contribution is -2.28. The van der Waals surface area contributed by atoms with Gasteiger partial charge in [0.15, 0.2) is 0 Å². The predicted octanol–water partition coefficient (Wildman–Crippen LogP) is 4.33. The smallest absolute Gasteiger partial charge is 0.335 e. The molecule has 3 aromatic rings. The van der Waals surface area contributed by atoms with Crippen LogP contribution in [0.25, 0.3) is 10.9 Å².